The van der Waals surface area contributed by atoms with Gasteiger partial charge in [0.05, 0.1) is 13.2 Å². The summed E-state index contributed by atoms with van der Waals surface area (Å²) in [5, 5.41) is 6.26. The smallest absolute Gasteiger partial charge is 0.245 e. The van der Waals surface area contributed by atoms with Gasteiger partial charge in [0.2, 0.25) is 11.8 Å². The molecule has 0 aromatic heterocycles. The maximum absolute atomic E-state index is 12.3. The van der Waals surface area contributed by atoms with Crippen molar-refractivity contribution in [3.8, 4) is 0 Å². The van der Waals surface area contributed by atoms with Crippen LogP contribution in [0.3, 0.4) is 0 Å². The van der Waals surface area contributed by atoms with Crippen molar-refractivity contribution in [2.24, 2.45) is 11.3 Å². The molecule has 1 saturated carbocycles. The molecule has 2 saturated heterocycles. The molecule has 0 aromatic carbocycles. The van der Waals surface area contributed by atoms with Gasteiger partial charge >= 0.3 is 0 Å². The maximum Gasteiger partial charge on any atom is 0.245 e. The van der Waals surface area contributed by atoms with Crippen LogP contribution in [0, 0.1) is 11.3 Å². The number of morpholine rings is 1. The third kappa shape index (κ3) is 3.55. The zero-order valence-corrected chi connectivity index (χ0v) is 13.9. The van der Waals surface area contributed by atoms with Crippen LogP contribution in [0.5, 0.6) is 0 Å². The molecule has 22 heavy (non-hydrogen) atoms. The number of nitrogens with one attached hydrogen (secondary N) is 2. The molecular weight excluding hydrogens is 306 g/mol. The quantitative estimate of drug-likeness (QED) is 0.773. The first-order valence-electron chi connectivity index (χ1n) is 8.00. The predicted molar refractivity (Wildman–Crippen MR) is 84.9 cm³/mol. The van der Waals surface area contributed by atoms with E-state index in [2.05, 4.69) is 10.6 Å². The first-order chi connectivity index (χ1) is 10.1. The van der Waals surface area contributed by atoms with Gasteiger partial charge in [-0.25, -0.2) is 0 Å². The van der Waals surface area contributed by atoms with E-state index in [4.69, 9.17) is 4.74 Å². The van der Waals surface area contributed by atoms with Crippen LogP contribution in [0.2, 0.25) is 0 Å². The van der Waals surface area contributed by atoms with Gasteiger partial charge in [-0.15, -0.1) is 12.4 Å². The third-order valence-corrected chi connectivity index (χ3v) is 5.16. The Labute approximate surface area is 137 Å². The van der Waals surface area contributed by atoms with E-state index in [9.17, 15) is 9.59 Å². The summed E-state index contributed by atoms with van der Waals surface area (Å²) >= 11 is 0. The SMILES string of the molecule is CC(NC(=O)C1CC12CCNCC2)C(=O)N1CCOCC1.Cl. The lowest BCUT2D eigenvalue weighted by atomic mass is 9.91. The topological polar surface area (TPSA) is 70.7 Å². The average molecular weight is 332 g/mol. The van der Waals surface area contributed by atoms with Gasteiger partial charge in [-0.3, -0.25) is 9.59 Å². The molecule has 0 aromatic rings. The van der Waals surface area contributed by atoms with Crippen LogP contribution in [-0.2, 0) is 14.3 Å². The van der Waals surface area contributed by atoms with Crippen molar-refractivity contribution in [2.75, 3.05) is 39.4 Å². The summed E-state index contributed by atoms with van der Waals surface area (Å²) in [5.41, 5.74) is 0.219. The lowest BCUT2D eigenvalue weighted by Gasteiger charge is -2.29. The first-order valence-corrected chi connectivity index (χ1v) is 8.00. The van der Waals surface area contributed by atoms with E-state index in [0.29, 0.717) is 26.3 Å². The fourth-order valence-electron chi connectivity index (χ4n) is 3.63. The van der Waals surface area contributed by atoms with E-state index in [1.54, 1.807) is 11.8 Å². The van der Waals surface area contributed by atoms with Gasteiger partial charge < -0.3 is 20.3 Å². The Bertz CT molecular complexity index is 420. The molecule has 3 rings (SSSR count). The molecule has 2 atom stereocenters. The summed E-state index contributed by atoms with van der Waals surface area (Å²) in [7, 11) is 0. The van der Waals surface area contributed by atoms with Crippen molar-refractivity contribution in [1.29, 1.82) is 0 Å². The summed E-state index contributed by atoms with van der Waals surface area (Å²) < 4.78 is 5.25. The number of hydrogen-bond donors (Lipinski definition) is 2. The van der Waals surface area contributed by atoms with Crippen LogP contribution >= 0.6 is 12.4 Å². The minimum atomic E-state index is -0.435. The molecule has 1 spiro atoms. The number of nitrogens with zero attached hydrogens (tertiary/aromatic N) is 1. The Balaban J connectivity index is 0.00000176. The van der Waals surface area contributed by atoms with Gasteiger partial charge in [0.1, 0.15) is 6.04 Å². The van der Waals surface area contributed by atoms with Crippen LogP contribution in [0.15, 0.2) is 0 Å². The standard InChI is InChI=1S/C15H25N3O3.ClH/c1-11(14(20)18-6-8-21-9-7-18)17-13(19)12-10-15(12)2-4-16-5-3-15;/h11-12,16H,2-10H2,1H3,(H,17,19);1H. The van der Waals surface area contributed by atoms with Crippen molar-refractivity contribution in [3.63, 3.8) is 0 Å². The third-order valence-electron chi connectivity index (χ3n) is 5.16. The van der Waals surface area contributed by atoms with Gasteiger partial charge in [-0.05, 0) is 44.7 Å². The highest BCUT2D eigenvalue weighted by Gasteiger charge is 2.57. The molecule has 0 bridgehead atoms. The van der Waals surface area contributed by atoms with E-state index < -0.39 is 6.04 Å². The number of halogens is 1. The molecule has 7 heteroatoms. The van der Waals surface area contributed by atoms with E-state index in [0.717, 1.165) is 32.4 Å². The number of amides is 2. The van der Waals surface area contributed by atoms with Gasteiger partial charge in [0.25, 0.3) is 0 Å². The highest BCUT2D eigenvalue weighted by molar-refractivity contribution is 5.89. The van der Waals surface area contributed by atoms with Gasteiger partial charge in [-0.2, -0.15) is 0 Å². The molecule has 3 aliphatic rings. The molecule has 1 aliphatic carbocycles. The Morgan fingerprint density at radius 3 is 2.55 bits per heavy atom. The molecule has 0 radical (unpaired) electrons. The number of hydrogen-bond acceptors (Lipinski definition) is 4. The predicted octanol–water partition coefficient (Wildman–Crippen LogP) is 0.161. The Morgan fingerprint density at radius 2 is 1.91 bits per heavy atom. The zero-order chi connectivity index (χ0) is 14.9. The summed E-state index contributed by atoms with van der Waals surface area (Å²) in [5.74, 6) is 0.178. The molecule has 2 aliphatic heterocycles. The zero-order valence-electron chi connectivity index (χ0n) is 13.1. The second kappa shape index (κ2) is 7.15. The molecule has 2 heterocycles. The van der Waals surface area contributed by atoms with Crippen LogP contribution in [0.1, 0.15) is 26.2 Å². The molecule has 6 nitrogen and oxygen atoms in total. The second-order valence-corrected chi connectivity index (χ2v) is 6.54. The van der Waals surface area contributed by atoms with Crippen LogP contribution in [0.25, 0.3) is 0 Å². The number of piperidine rings is 1. The van der Waals surface area contributed by atoms with Gasteiger partial charge in [0, 0.05) is 19.0 Å². The van der Waals surface area contributed by atoms with E-state index >= 15 is 0 Å². The van der Waals surface area contributed by atoms with Crippen molar-refractivity contribution in [1.82, 2.24) is 15.5 Å². The first kappa shape index (κ1) is 17.5. The summed E-state index contributed by atoms with van der Waals surface area (Å²) in [6.07, 6.45) is 3.15. The molecular formula is C15H26ClN3O3. The normalized spacial score (nSPS) is 27.7. The minimum absolute atomic E-state index is 0. The van der Waals surface area contributed by atoms with Crippen LogP contribution in [-0.4, -0.2) is 62.1 Å². The average Bonchev–Trinajstić information content (AvgIpc) is 3.21. The molecule has 126 valence electrons. The largest absolute Gasteiger partial charge is 0.378 e. The van der Waals surface area contributed by atoms with Crippen LogP contribution in [0.4, 0.5) is 0 Å². The maximum atomic E-state index is 12.3. The lowest BCUT2D eigenvalue weighted by Crippen LogP contribution is -2.51. The highest BCUT2D eigenvalue weighted by Crippen LogP contribution is 2.58. The number of carbonyl (C=O) groups is 2. The Kier molecular flexibility index (Phi) is 5.69. The molecule has 2 amide bonds. The van der Waals surface area contributed by atoms with Crippen molar-refractivity contribution in [3.05, 3.63) is 0 Å². The minimum Gasteiger partial charge on any atom is -0.378 e. The van der Waals surface area contributed by atoms with E-state index in [-0.39, 0.29) is 35.6 Å². The van der Waals surface area contributed by atoms with Crippen molar-refractivity contribution in [2.45, 2.75) is 32.2 Å². The highest BCUT2D eigenvalue weighted by atomic mass is 35.5. The van der Waals surface area contributed by atoms with Gasteiger partial charge in [-0.1, -0.05) is 0 Å². The number of ether oxygens (including phenoxy) is 1. The number of rotatable bonds is 3. The second-order valence-electron chi connectivity index (χ2n) is 6.54. The Morgan fingerprint density at radius 1 is 1.27 bits per heavy atom. The fourth-order valence-corrected chi connectivity index (χ4v) is 3.63. The van der Waals surface area contributed by atoms with Crippen LogP contribution < -0.4 is 10.6 Å². The van der Waals surface area contributed by atoms with Gasteiger partial charge in [0.15, 0.2) is 0 Å². The summed E-state index contributed by atoms with van der Waals surface area (Å²) in [6.45, 7) is 6.22. The van der Waals surface area contributed by atoms with E-state index in [1.165, 1.54) is 0 Å². The summed E-state index contributed by atoms with van der Waals surface area (Å²) in [6, 6.07) is -0.435. The number of carbonyl (C=O) groups excluding carboxylic acids is 2. The molecule has 2 N–H and O–H groups in total. The monoisotopic (exact) mass is 331 g/mol. The van der Waals surface area contributed by atoms with Crippen molar-refractivity contribution < 1.29 is 14.3 Å². The summed E-state index contributed by atoms with van der Waals surface area (Å²) in [4.78, 5) is 26.4. The molecule has 3 fully saturated rings. The van der Waals surface area contributed by atoms with E-state index in [1.807, 2.05) is 0 Å². The molecule has 2 unspecified atom stereocenters. The Hall–Kier alpha value is -0.850. The lowest BCUT2D eigenvalue weighted by molar-refractivity contribution is -0.139. The fraction of sp³-hybridized carbons (Fsp3) is 0.867. The van der Waals surface area contributed by atoms with Crippen molar-refractivity contribution >= 4 is 24.2 Å².